The van der Waals surface area contributed by atoms with Gasteiger partial charge in [-0.05, 0) is 24.1 Å². The van der Waals surface area contributed by atoms with Gasteiger partial charge in [-0.15, -0.1) is 0 Å². The second kappa shape index (κ2) is 4.46. The molecule has 4 atom stereocenters. The first-order chi connectivity index (χ1) is 9.38. The summed E-state index contributed by atoms with van der Waals surface area (Å²) in [6.45, 7) is 0.597. The molecule has 2 heterocycles. The van der Waals surface area contributed by atoms with Crippen molar-refractivity contribution in [3.8, 4) is 0 Å². The number of fused-ring (bicyclic) bond motifs is 1. The maximum Gasteiger partial charge on any atom is 0.416 e. The highest BCUT2D eigenvalue weighted by molar-refractivity contribution is 5.72. The zero-order valence-corrected chi connectivity index (χ0v) is 10.3. The summed E-state index contributed by atoms with van der Waals surface area (Å²) < 4.78 is 37.5. The molecule has 2 aliphatic rings. The smallest absolute Gasteiger partial charge is 0.416 e. The molecule has 4 nitrogen and oxygen atoms in total. The normalized spacial score (nSPS) is 32.5. The topological polar surface area (TPSA) is 52.8 Å². The van der Waals surface area contributed by atoms with E-state index in [1.54, 1.807) is 5.06 Å². The van der Waals surface area contributed by atoms with E-state index in [1.807, 2.05) is 0 Å². The largest absolute Gasteiger partial charge is 0.481 e. The lowest BCUT2D eigenvalue weighted by atomic mass is 9.80. The number of hydrogen-bond acceptors (Lipinski definition) is 3. The molecule has 0 radical (unpaired) electrons. The van der Waals surface area contributed by atoms with Crippen molar-refractivity contribution >= 4 is 5.97 Å². The standard InChI is InChI=1S/C13H12F3NO3/c14-13(15,16)8-3-1-7(2-4-8)9-5-6-17-11(20-17)10(9)12(18)19/h1-4,9-11H,5-6H2,(H,18,19). The summed E-state index contributed by atoms with van der Waals surface area (Å²) in [6.07, 6.45) is -4.28. The van der Waals surface area contributed by atoms with Crippen molar-refractivity contribution in [3.05, 3.63) is 35.4 Å². The molecule has 1 aromatic rings. The Kier molecular flexibility index (Phi) is 2.98. The predicted molar refractivity (Wildman–Crippen MR) is 61.5 cm³/mol. The Morgan fingerprint density at radius 2 is 1.95 bits per heavy atom. The van der Waals surface area contributed by atoms with Crippen molar-refractivity contribution in [2.45, 2.75) is 24.7 Å². The van der Waals surface area contributed by atoms with Crippen LogP contribution in [0.4, 0.5) is 13.2 Å². The van der Waals surface area contributed by atoms with E-state index in [-0.39, 0.29) is 5.92 Å². The maximum atomic E-state index is 12.5. The number of carboxylic acids is 1. The minimum absolute atomic E-state index is 0.321. The van der Waals surface area contributed by atoms with E-state index >= 15 is 0 Å². The van der Waals surface area contributed by atoms with Crippen molar-refractivity contribution in [3.63, 3.8) is 0 Å². The Balaban J connectivity index is 1.86. The van der Waals surface area contributed by atoms with Gasteiger partial charge in [0.05, 0.1) is 5.56 Å². The molecule has 3 rings (SSSR count). The van der Waals surface area contributed by atoms with E-state index in [1.165, 1.54) is 12.1 Å². The summed E-state index contributed by atoms with van der Waals surface area (Å²) in [6, 6.07) is 4.71. The van der Waals surface area contributed by atoms with Crippen LogP contribution in [-0.2, 0) is 15.8 Å². The number of benzene rings is 1. The highest BCUT2D eigenvalue weighted by Crippen LogP contribution is 2.44. The number of aliphatic carboxylic acids is 1. The molecule has 0 aromatic heterocycles. The molecule has 2 saturated heterocycles. The summed E-state index contributed by atoms with van der Waals surface area (Å²) in [5.74, 6) is -2.04. The summed E-state index contributed by atoms with van der Waals surface area (Å²) in [5, 5.41) is 10.9. The highest BCUT2D eigenvalue weighted by atomic mass is 19.4. The first kappa shape index (κ1) is 13.4. The van der Waals surface area contributed by atoms with Crippen molar-refractivity contribution in [1.29, 1.82) is 0 Å². The van der Waals surface area contributed by atoms with Gasteiger partial charge in [-0.3, -0.25) is 9.63 Å². The Hall–Kier alpha value is -1.60. The second-order valence-electron chi connectivity index (χ2n) is 5.02. The Morgan fingerprint density at radius 1 is 1.30 bits per heavy atom. The Labute approximate surface area is 112 Å². The molecule has 4 unspecified atom stereocenters. The van der Waals surface area contributed by atoms with E-state index < -0.39 is 29.9 Å². The molecule has 20 heavy (non-hydrogen) atoms. The monoisotopic (exact) mass is 287 g/mol. The van der Waals surface area contributed by atoms with Crippen LogP contribution in [0.2, 0.25) is 0 Å². The average Bonchev–Trinajstić information content (AvgIpc) is 3.15. The van der Waals surface area contributed by atoms with Crippen LogP contribution >= 0.6 is 0 Å². The molecule has 0 bridgehead atoms. The lowest BCUT2D eigenvalue weighted by molar-refractivity contribution is -0.144. The molecule has 2 aliphatic heterocycles. The van der Waals surface area contributed by atoms with Crippen LogP contribution < -0.4 is 0 Å². The fourth-order valence-corrected chi connectivity index (χ4v) is 2.77. The van der Waals surface area contributed by atoms with Crippen LogP contribution in [0.15, 0.2) is 24.3 Å². The molecule has 0 saturated carbocycles. The van der Waals surface area contributed by atoms with Crippen LogP contribution in [0.25, 0.3) is 0 Å². The summed E-state index contributed by atoms with van der Waals surface area (Å²) >= 11 is 0. The molecule has 2 fully saturated rings. The summed E-state index contributed by atoms with van der Waals surface area (Å²) in [7, 11) is 0. The predicted octanol–water partition coefficient (Wildman–Crippen LogP) is 2.47. The lowest BCUT2D eigenvalue weighted by Gasteiger charge is -2.26. The van der Waals surface area contributed by atoms with Crippen molar-refractivity contribution in [1.82, 2.24) is 5.06 Å². The third-order valence-corrected chi connectivity index (χ3v) is 3.83. The number of carboxylic acid groups (broad SMARTS) is 1. The van der Waals surface area contributed by atoms with E-state index in [0.717, 1.165) is 12.1 Å². The number of hydroxylamine groups is 2. The van der Waals surface area contributed by atoms with Gasteiger partial charge >= 0.3 is 12.1 Å². The number of halogens is 3. The fourth-order valence-electron chi connectivity index (χ4n) is 2.77. The van der Waals surface area contributed by atoms with Gasteiger partial charge in [0.25, 0.3) is 0 Å². The molecule has 1 N–H and O–H groups in total. The molecule has 0 spiro atoms. The average molecular weight is 287 g/mol. The van der Waals surface area contributed by atoms with Gasteiger partial charge in [-0.25, -0.2) is 0 Å². The van der Waals surface area contributed by atoms with Crippen LogP contribution in [0.5, 0.6) is 0 Å². The van der Waals surface area contributed by atoms with E-state index in [2.05, 4.69) is 0 Å². The molecule has 7 heteroatoms. The number of nitrogens with zero attached hydrogens (tertiary/aromatic N) is 1. The third-order valence-electron chi connectivity index (χ3n) is 3.83. The summed E-state index contributed by atoms with van der Waals surface area (Å²) in [4.78, 5) is 16.5. The van der Waals surface area contributed by atoms with Crippen LogP contribution in [0.3, 0.4) is 0 Å². The second-order valence-corrected chi connectivity index (χ2v) is 5.02. The summed E-state index contributed by atoms with van der Waals surface area (Å²) in [5.41, 5.74) is -0.117. The van der Waals surface area contributed by atoms with Crippen molar-refractivity contribution in [2.24, 2.45) is 5.92 Å². The number of rotatable bonds is 2. The van der Waals surface area contributed by atoms with Crippen molar-refractivity contribution < 1.29 is 27.9 Å². The third kappa shape index (κ3) is 2.27. The quantitative estimate of drug-likeness (QED) is 0.849. The molecule has 108 valence electrons. The van der Waals surface area contributed by atoms with Gasteiger partial charge in [-0.2, -0.15) is 18.2 Å². The first-order valence-electron chi connectivity index (χ1n) is 6.21. The first-order valence-corrected chi connectivity index (χ1v) is 6.21. The zero-order valence-electron chi connectivity index (χ0n) is 10.3. The van der Waals surface area contributed by atoms with E-state index in [0.29, 0.717) is 18.5 Å². The number of hydrogen-bond donors (Lipinski definition) is 1. The fraction of sp³-hybridized carbons (Fsp3) is 0.462. The molecule has 0 aliphatic carbocycles. The minimum Gasteiger partial charge on any atom is -0.481 e. The SMILES string of the molecule is O=C(O)C1C(c2ccc(C(F)(F)F)cc2)CCN2OC12. The van der Waals surface area contributed by atoms with Crippen LogP contribution in [0, 0.1) is 5.92 Å². The van der Waals surface area contributed by atoms with Gasteiger partial charge in [0, 0.05) is 12.5 Å². The molecular weight excluding hydrogens is 275 g/mol. The van der Waals surface area contributed by atoms with E-state index in [9.17, 15) is 23.1 Å². The lowest BCUT2D eigenvalue weighted by Crippen LogP contribution is -2.34. The number of carbonyl (C=O) groups is 1. The van der Waals surface area contributed by atoms with Gasteiger partial charge in [0.1, 0.15) is 5.92 Å². The Morgan fingerprint density at radius 3 is 2.50 bits per heavy atom. The van der Waals surface area contributed by atoms with Crippen molar-refractivity contribution in [2.75, 3.05) is 6.54 Å². The Bertz CT molecular complexity index is 529. The molecule has 1 aromatic carbocycles. The molecular formula is C13H12F3NO3. The molecule has 0 amide bonds. The number of alkyl halides is 3. The van der Waals surface area contributed by atoms with Gasteiger partial charge in [0.15, 0.2) is 6.23 Å². The number of piperidine rings is 1. The highest BCUT2D eigenvalue weighted by Gasteiger charge is 2.54. The van der Waals surface area contributed by atoms with Crippen LogP contribution in [-0.4, -0.2) is 28.9 Å². The maximum absolute atomic E-state index is 12.5. The van der Waals surface area contributed by atoms with Crippen LogP contribution in [0.1, 0.15) is 23.5 Å². The minimum atomic E-state index is -4.38. The van der Waals surface area contributed by atoms with Gasteiger partial charge in [0.2, 0.25) is 0 Å². The van der Waals surface area contributed by atoms with Gasteiger partial charge < -0.3 is 5.11 Å². The zero-order chi connectivity index (χ0) is 14.5. The van der Waals surface area contributed by atoms with Gasteiger partial charge in [-0.1, -0.05) is 12.1 Å². The van der Waals surface area contributed by atoms with E-state index in [4.69, 9.17) is 4.84 Å².